The molecule has 1 saturated carbocycles. The Balaban J connectivity index is 0.00000220. The number of carbonyl (C=O) groups excluding carboxylic acids is 1. The lowest BCUT2D eigenvalue weighted by Gasteiger charge is -2.27. The zero-order valence-corrected chi connectivity index (χ0v) is 14.2. The number of piperazine rings is 1. The third-order valence-corrected chi connectivity index (χ3v) is 4.80. The van der Waals surface area contributed by atoms with Gasteiger partial charge in [-0.05, 0) is 12.3 Å². The maximum Gasteiger partial charge on any atom is 0.222 e. The van der Waals surface area contributed by atoms with Gasteiger partial charge in [-0.25, -0.2) is 0 Å². The molecule has 21 heavy (non-hydrogen) atoms. The number of halogens is 1. The summed E-state index contributed by atoms with van der Waals surface area (Å²) >= 11 is 0. The van der Waals surface area contributed by atoms with E-state index in [-0.39, 0.29) is 24.2 Å². The highest BCUT2D eigenvalue weighted by Gasteiger charge is 2.20. The van der Waals surface area contributed by atoms with Crippen LogP contribution >= 0.6 is 12.4 Å². The van der Waals surface area contributed by atoms with Gasteiger partial charge in [-0.3, -0.25) is 9.69 Å². The summed E-state index contributed by atoms with van der Waals surface area (Å²) in [4.78, 5) is 14.5. The SMILES string of the molecule is CC(CC1CCCCC1)C(=O)NCCN1CCNCC1.Cl. The minimum atomic E-state index is 0. The van der Waals surface area contributed by atoms with Crippen LogP contribution in [0.25, 0.3) is 0 Å². The zero-order valence-electron chi connectivity index (χ0n) is 13.4. The average molecular weight is 318 g/mol. The Hall–Kier alpha value is -0.320. The van der Waals surface area contributed by atoms with Crippen molar-refractivity contribution in [3.05, 3.63) is 0 Å². The van der Waals surface area contributed by atoms with Gasteiger partial charge in [0, 0.05) is 45.2 Å². The van der Waals surface area contributed by atoms with Gasteiger partial charge in [0.1, 0.15) is 0 Å². The van der Waals surface area contributed by atoms with E-state index in [2.05, 4.69) is 22.5 Å². The maximum absolute atomic E-state index is 12.1. The van der Waals surface area contributed by atoms with E-state index in [9.17, 15) is 4.79 Å². The fourth-order valence-corrected chi connectivity index (χ4v) is 3.48. The summed E-state index contributed by atoms with van der Waals surface area (Å²) in [6, 6.07) is 0. The lowest BCUT2D eigenvalue weighted by Crippen LogP contribution is -2.46. The molecule has 1 unspecified atom stereocenters. The standard InChI is InChI=1S/C16H31N3O.ClH/c1-14(13-15-5-3-2-4-6-15)16(20)18-9-12-19-10-7-17-8-11-19;/h14-15,17H,2-13H2,1H3,(H,18,20);1H. The van der Waals surface area contributed by atoms with Gasteiger partial charge >= 0.3 is 0 Å². The molecule has 2 aliphatic rings. The van der Waals surface area contributed by atoms with Gasteiger partial charge in [0.25, 0.3) is 0 Å². The fourth-order valence-electron chi connectivity index (χ4n) is 3.48. The van der Waals surface area contributed by atoms with Crippen molar-refractivity contribution in [1.29, 1.82) is 0 Å². The number of nitrogens with one attached hydrogen (secondary N) is 2. The van der Waals surface area contributed by atoms with Gasteiger partial charge in [-0.15, -0.1) is 12.4 Å². The lowest BCUT2D eigenvalue weighted by molar-refractivity contribution is -0.125. The molecule has 1 aliphatic heterocycles. The van der Waals surface area contributed by atoms with Crippen LogP contribution in [0.15, 0.2) is 0 Å². The summed E-state index contributed by atoms with van der Waals surface area (Å²) < 4.78 is 0. The normalized spacial score (nSPS) is 22.3. The monoisotopic (exact) mass is 317 g/mol. The highest BCUT2D eigenvalue weighted by molar-refractivity contribution is 5.85. The molecule has 1 atom stereocenters. The summed E-state index contributed by atoms with van der Waals surface area (Å²) in [5.41, 5.74) is 0. The van der Waals surface area contributed by atoms with Crippen LogP contribution in [0.4, 0.5) is 0 Å². The van der Waals surface area contributed by atoms with Gasteiger partial charge < -0.3 is 10.6 Å². The third-order valence-electron chi connectivity index (χ3n) is 4.80. The highest BCUT2D eigenvalue weighted by atomic mass is 35.5. The highest BCUT2D eigenvalue weighted by Crippen LogP contribution is 2.28. The van der Waals surface area contributed by atoms with Crippen LogP contribution in [0.1, 0.15) is 45.4 Å². The van der Waals surface area contributed by atoms with Gasteiger partial charge in [0.15, 0.2) is 0 Å². The van der Waals surface area contributed by atoms with E-state index in [0.717, 1.165) is 51.6 Å². The van der Waals surface area contributed by atoms with Crippen LogP contribution in [-0.2, 0) is 4.79 Å². The van der Waals surface area contributed by atoms with Crippen molar-refractivity contribution in [3.8, 4) is 0 Å². The van der Waals surface area contributed by atoms with Crippen molar-refractivity contribution in [3.63, 3.8) is 0 Å². The van der Waals surface area contributed by atoms with Crippen LogP contribution < -0.4 is 10.6 Å². The number of rotatable bonds is 6. The molecular weight excluding hydrogens is 286 g/mol. The molecule has 0 aromatic rings. The third kappa shape index (κ3) is 6.98. The van der Waals surface area contributed by atoms with Crippen LogP contribution in [0.2, 0.25) is 0 Å². The van der Waals surface area contributed by atoms with E-state index in [0.29, 0.717) is 0 Å². The summed E-state index contributed by atoms with van der Waals surface area (Å²) in [5.74, 6) is 1.23. The molecule has 2 rings (SSSR count). The van der Waals surface area contributed by atoms with Crippen molar-refractivity contribution in [2.75, 3.05) is 39.3 Å². The molecule has 0 radical (unpaired) electrons. The van der Waals surface area contributed by atoms with E-state index in [1.165, 1.54) is 32.1 Å². The summed E-state index contributed by atoms with van der Waals surface area (Å²) in [6.45, 7) is 8.24. The van der Waals surface area contributed by atoms with Crippen molar-refractivity contribution >= 4 is 18.3 Å². The second-order valence-electron chi connectivity index (χ2n) is 6.52. The average Bonchev–Trinajstić information content (AvgIpc) is 2.49. The Morgan fingerprint density at radius 3 is 2.57 bits per heavy atom. The van der Waals surface area contributed by atoms with Crippen molar-refractivity contribution in [2.45, 2.75) is 45.4 Å². The molecule has 5 heteroatoms. The number of hydrogen-bond acceptors (Lipinski definition) is 3. The van der Waals surface area contributed by atoms with E-state index in [4.69, 9.17) is 0 Å². The van der Waals surface area contributed by atoms with E-state index in [1.807, 2.05) is 0 Å². The van der Waals surface area contributed by atoms with Gasteiger partial charge in [0.05, 0.1) is 0 Å². The molecule has 1 aliphatic carbocycles. The molecule has 0 bridgehead atoms. The second-order valence-corrected chi connectivity index (χ2v) is 6.52. The lowest BCUT2D eigenvalue weighted by atomic mass is 9.83. The van der Waals surface area contributed by atoms with Crippen molar-refractivity contribution in [1.82, 2.24) is 15.5 Å². The van der Waals surface area contributed by atoms with E-state index >= 15 is 0 Å². The Bertz CT molecular complexity index is 289. The molecule has 1 heterocycles. The minimum absolute atomic E-state index is 0. The maximum atomic E-state index is 12.1. The predicted molar refractivity (Wildman–Crippen MR) is 89.9 cm³/mol. The number of nitrogens with zero attached hydrogens (tertiary/aromatic N) is 1. The van der Waals surface area contributed by atoms with Gasteiger partial charge in [0.2, 0.25) is 5.91 Å². The first-order chi connectivity index (χ1) is 9.75. The molecule has 1 saturated heterocycles. The summed E-state index contributed by atoms with van der Waals surface area (Å²) in [7, 11) is 0. The first-order valence-electron chi connectivity index (χ1n) is 8.46. The first kappa shape index (κ1) is 18.7. The summed E-state index contributed by atoms with van der Waals surface area (Å²) in [5, 5.41) is 6.47. The van der Waals surface area contributed by atoms with Gasteiger partial charge in [-0.2, -0.15) is 0 Å². The predicted octanol–water partition coefficient (Wildman–Crippen LogP) is 2.04. The molecule has 2 N–H and O–H groups in total. The largest absolute Gasteiger partial charge is 0.355 e. The number of amides is 1. The molecule has 0 aromatic heterocycles. The van der Waals surface area contributed by atoms with Crippen LogP contribution in [0.3, 0.4) is 0 Å². The Labute approximate surface area is 135 Å². The van der Waals surface area contributed by atoms with Gasteiger partial charge in [-0.1, -0.05) is 39.0 Å². The molecule has 1 amide bonds. The number of carbonyl (C=O) groups is 1. The smallest absolute Gasteiger partial charge is 0.222 e. The Morgan fingerprint density at radius 2 is 1.90 bits per heavy atom. The summed E-state index contributed by atoms with van der Waals surface area (Å²) in [6.07, 6.45) is 7.86. The zero-order chi connectivity index (χ0) is 14.2. The molecule has 2 fully saturated rings. The molecule has 4 nitrogen and oxygen atoms in total. The van der Waals surface area contributed by atoms with E-state index < -0.39 is 0 Å². The molecular formula is C16H32ClN3O. The Morgan fingerprint density at radius 1 is 1.24 bits per heavy atom. The molecule has 124 valence electrons. The van der Waals surface area contributed by atoms with E-state index in [1.54, 1.807) is 0 Å². The second kappa shape index (κ2) is 10.4. The first-order valence-corrected chi connectivity index (χ1v) is 8.46. The van der Waals surface area contributed by atoms with Crippen molar-refractivity contribution < 1.29 is 4.79 Å². The number of hydrogen-bond donors (Lipinski definition) is 2. The molecule has 0 aromatic carbocycles. The van der Waals surface area contributed by atoms with Crippen molar-refractivity contribution in [2.24, 2.45) is 11.8 Å². The van der Waals surface area contributed by atoms with Crippen LogP contribution in [-0.4, -0.2) is 50.1 Å². The Kier molecular flexibility index (Phi) is 9.29. The quantitative estimate of drug-likeness (QED) is 0.788. The van der Waals surface area contributed by atoms with Crippen LogP contribution in [0, 0.1) is 11.8 Å². The fraction of sp³-hybridized carbons (Fsp3) is 0.938. The molecule has 0 spiro atoms. The van der Waals surface area contributed by atoms with Crippen LogP contribution in [0.5, 0.6) is 0 Å². The topological polar surface area (TPSA) is 44.4 Å². The minimum Gasteiger partial charge on any atom is -0.355 e.